The van der Waals surface area contributed by atoms with Gasteiger partial charge >= 0.3 is 0 Å². The maximum absolute atomic E-state index is 5.70. The minimum Gasteiger partial charge on any atom is -0.352 e. The summed E-state index contributed by atoms with van der Waals surface area (Å²) in [5.41, 5.74) is 3.83. The summed E-state index contributed by atoms with van der Waals surface area (Å²) >= 11 is 0. The first-order valence-corrected chi connectivity index (χ1v) is 6.68. The summed E-state index contributed by atoms with van der Waals surface area (Å²) in [5, 5.41) is 7.01. The molecule has 2 aromatic carbocycles. The number of benzene rings is 2. The molecule has 0 unspecified atom stereocenters. The Bertz CT molecular complexity index is 431. The van der Waals surface area contributed by atoms with E-state index >= 15 is 0 Å². The van der Waals surface area contributed by atoms with Gasteiger partial charge in [-0.25, -0.2) is 0 Å². The van der Waals surface area contributed by atoms with Crippen LogP contribution in [-0.2, 0) is 0 Å². The van der Waals surface area contributed by atoms with Crippen molar-refractivity contribution in [2.75, 3.05) is 0 Å². The molecular formula is C13H15NSi. The van der Waals surface area contributed by atoms with Crippen LogP contribution in [0.15, 0.2) is 48.5 Å². The minimum absolute atomic E-state index is 0.511. The monoisotopic (exact) mass is 213 g/mol. The fourth-order valence-corrected chi connectivity index (χ4v) is 2.09. The molecule has 2 rings (SSSR count). The van der Waals surface area contributed by atoms with Crippen LogP contribution in [0.3, 0.4) is 0 Å². The fraction of sp³-hybridized carbons (Fsp3) is 0.0769. The molecule has 2 aromatic rings. The number of hydrogen-bond acceptors (Lipinski definition) is 1. The lowest BCUT2D eigenvalue weighted by molar-refractivity contribution is 1.47. The quantitative estimate of drug-likeness (QED) is 0.748. The molecule has 2 N–H and O–H groups in total. The molecule has 0 aromatic heterocycles. The van der Waals surface area contributed by atoms with E-state index in [1.807, 2.05) is 0 Å². The lowest BCUT2D eigenvalue weighted by Gasteiger charge is -2.03. The van der Waals surface area contributed by atoms with E-state index < -0.39 is 9.68 Å². The summed E-state index contributed by atoms with van der Waals surface area (Å²) in [4.78, 5) is 0. The molecule has 0 aliphatic rings. The van der Waals surface area contributed by atoms with Crippen molar-refractivity contribution in [1.29, 1.82) is 0 Å². The highest BCUT2D eigenvalue weighted by atomic mass is 28.2. The molecule has 0 heterocycles. The number of nitrogens with two attached hydrogens (primary N) is 1. The Morgan fingerprint density at radius 2 is 1.27 bits per heavy atom. The third-order valence-electron chi connectivity index (χ3n) is 2.57. The summed E-state index contributed by atoms with van der Waals surface area (Å²) in [6.07, 6.45) is 0. The first-order chi connectivity index (χ1) is 7.29. The zero-order valence-electron chi connectivity index (χ0n) is 8.90. The summed E-state index contributed by atoms with van der Waals surface area (Å²) in [6.45, 7) is 2.10. The maximum Gasteiger partial charge on any atom is 0.122 e. The highest BCUT2D eigenvalue weighted by Gasteiger charge is 1.96. The highest BCUT2D eigenvalue weighted by molar-refractivity contribution is 6.49. The first kappa shape index (κ1) is 10.1. The average molecular weight is 213 g/mol. The van der Waals surface area contributed by atoms with Gasteiger partial charge in [0.25, 0.3) is 0 Å². The van der Waals surface area contributed by atoms with Crippen LogP contribution in [0.2, 0.25) is 0 Å². The zero-order chi connectivity index (χ0) is 10.7. The molecule has 1 nitrogen and oxygen atoms in total. The smallest absolute Gasteiger partial charge is 0.122 e. The van der Waals surface area contributed by atoms with Crippen LogP contribution in [-0.4, -0.2) is 9.68 Å². The van der Waals surface area contributed by atoms with Gasteiger partial charge in [-0.1, -0.05) is 59.3 Å². The van der Waals surface area contributed by atoms with Gasteiger partial charge in [-0.15, -0.1) is 0 Å². The third kappa shape index (κ3) is 2.35. The summed E-state index contributed by atoms with van der Waals surface area (Å²) in [7, 11) is -0.511. The molecule has 0 amide bonds. The Hall–Kier alpha value is -1.38. The summed E-state index contributed by atoms with van der Waals surface area (Å²) in [6, 6.07) is 17.2. The Balaban J connectivity index is 2.33. The lowest BCUT2D eigenvalue weighted by Crippen LogP contribution is -2.22. The van der Waals surface area contributed by atoms with E-state index in [4.69, 9.17) is 5.40 Å². The Kier molecular flexibility index (Phi) is 2.99. The van der Waals surface area contributed by atoms with Crippen LogP contribution in [0.4, 0.5) is 0 Å². The second kappa shape index (κ2) is 4.42. The zero-order valence-corrected chi connectivity index (χ0v) is 10.3. The van der Waals surface area contributed by atoms with Gasteiger partial charge in [0.05, 0.1) is 0 Å². The van der Waals surface area contributed by atoms with E-state index in [0.29, 0.717) is 0 Å². The van der Waals surface area contributed by atoms with Gasteiger partial charge in [0.2, 0.25) is 0 Å². The van der Waals surface area contributed by atoms with Crippen molar-refractivity contribution < 1.29 is 0 Å². The third-order valence-corrected chi connectivity index (χ3v) is 3.52. The molecule has 0 aliphatic heterocycles. The Morgan fingerprint density at radius 3 is 1.73 bits per heavy atom. The topological polar surface area (TPSA) is 26.0 Å². The van der Waals surface area contributed by atoms with E-state index in [1.54, 1.807) is 0 Å². The molecular weight excluding hydrogens is 198 g/mol. The maximum atomic E-state index is 5.70. The van der Waals surface area contributed by atoms with E-state index in [9.17, 15) is 0 Å². The van der Waals surface area contributed by atoms with Crippen molar-refractivity contribution in [3.8, 4) is 11.1 Å². The van der Waals surface area contributed by atoms with Crippen molar-refractivity contribution in [3.05, 3.63) is 54.1 Å². The van der Waals surface area contributed by atoms with E-state index in [2.05, 4.69) is 55.5 Å². The van der Waals surface area contributed by atoms with Crippen LogP contribution in [0, 0.1) is 6.92 Å². The van der Waals surface area contributed by atoms with Crippen molar-refractivity contribution in [2.24, 2.45) is 5.40 Å². The molecule has 0 bridgehead atoms. The normalized spacial score (nSPS) is 11.1. The Labute approximate surface area is 92.8 Å². The van der Waals surface area contributed by atoms with Gasteiger partial charge in [-0.3, -0.25) is 0 Å². The molecule has 0 atom stereocenters. The number of rotatable bonds is 2. The van der Waals surface area contributed by atoms with E-state index in [0.717, 1.165) is 0 Å². The fourth-order valence-electron chi connectivity index (χ4n) is 1.58. The molecule has 0 saturated heterocycles. The predicted octanol–water partition coefficient (Wildman–Crippen LogP) is 1.33. The predicted molar refractivity (Wildman–Crippen MR) is 69.0 cm³/mol. The molecule has 15 heavy (non-hydrogen) atoms. The SMILES string of the molecule is Cc1ccc(-c2ccc([SiH2]N)cc2)cc1. The molecule has 0 fully saturated rings. The van der Waals surface area contributed by atoms with Gasteiger partial charge in [-0.05, 0) is 18.1 Å². The first-order valence-electron chi connectivity index (χ1n) is 5.15. The van der Waals surface area contributed by atoms with Gasteiger partial charge < -0.3 is 5.40 Å². The van der Waals surface area contributed by atoms with Crippen LogP contribution < -0.4 is 10.6 Å². The largest absolute Gasteiger partial charge is 0.352 e. The van der Waals surface area contributed by atoms with Crippen LogP contribution in [0.25, 0.3) is 11.1 Å². The Morgan fingerprint density at radius 1 is 0.800 bits per heavy atom. The molecule has 2 heteroatoms. The number of hydrogen-bond donors (Lipinski definition) is 1. The molecule has 0 spiro atoms. The van der Waals surface area contributed by atoms with Gasteiger partial charge in [0.1, 0.15) is 9.68 Å². The number of aryl methyl sites for hydroxylation is 1. The summed E-state index contributed by atoms with van der Waals surface area (Å²) < 4.78 is 0. The van der Waals surface area contributed by atoms with E-state index in [-0.39, 0.29) is 0 Å². The standard InChI is InChI=1S/C13H15NSi/c1-10-2-4-11(5-3-10)12-6-8-13(15-14)9-7-12/h2-9H,14-15H2,1H3. The minimum atomic E-state index is -0.511. The average Bonchev–Trinajstić information content (AvgIpc) is 2.30. The van der Waals surface area contributed by atoms with Crippen LogP contribution in [0.1, 0.15) is 5.56 Å². The van der Waals surface area contributed by atoms with Crippen molar-refractivity contribution in [3.63, 3.8) is 0 Å². The molecule has 0 radical (unpaired) electrons. The molecule has 76 valence electrons. The van der Waals surface area contributed by atoms with Crippen molar-refractivity contribution in [2.45, 2.75) is 6.92 Å². The highest BCUT2D eigenvalue weighted by Crippen LogP contribution is 2.18. The second-order valence-corrected chi connectivity index (χ2v) is 4.99. The lowest BCUT2D eigenvalue weighted by atomic mass is 10.0. The van der Waals surface area contributed by atoms with Gasteiger partial charge in [0.15, 0.2) is 0 Å². The molecule has 0 saturated carbocycles. The van der Waals surface area contributed by atoms with Crippen LogP contribution >= 0.6 is 0 Å². The van der Waals surface area contributed by atoms with Crippen molar-refractivity contribution in [1.82, 2.24) is 0 Å². The molecule has 0 aliphatic carbocycles. The van der Waals surface area contributed by atoms with Gasteiger partial charge in [-0.2, -0.15) is 0 Å². The second-order valence-electron chi connectivity index (χ2n) is 3.77. The van der Waals surface area contributed by atoms with Crippen molar-refractivity contribution >= 4 is 14.9 Å². The van der Waals surface area contributed by atoms with Gasteiger partial charge in [0, 0.05) is 0 Å². The summed E-state index contributed by atoms with van der Waals surface area (Å²) in [5.74, 6) is 0. The van der Waals surface area contributed by atoms with E-state index in [1.165, 1.54) is 21.9 Å². The van der Waals surface area contributed by atoms with Crippen LogP contribution in [0.5, 0.6) is 0 Å².